The number of halogens is 2. The van der Waals surface area contributed by atoms with E-state index < -0.39 is 18.1 Å². The number of hydrogen-bond acceptors (Lipinski definition) is 4. The van der Waals surface area contributed by atoms with Crippen LogP contribution in [0.25, 0.3) is 0 Å². The van der Waals surface area contributed by atoms with Crippen LogP contribution >= 0.6 is 0 Å². The maximum atomic E-state index is 13.6. The first-order valence-electron chi connectivity index (χ1n) is 4.79. The van der Waals surface area contributed by atoms with Gasteiger partial charge in [-0.2, -0.15) is 8.78 Å². The summed E-state index contributed by atoms with van der Waals surface area (Å²) < 4.78 is 41.8. The molecule has 0 unspecified atom stereocenters. The summed E-state index contributed by atoms with van der Waals surface area (Å²) in [6.45, 7) is -1.33. The summed E-state index contributed by atoms with van der Waals surface area (Å²) in [5.41, 5.74) is -0.495. The van der Waals surface area contributed by atoms with E-state index in [2.05, 4.69) is 0 Å². The summed E-state index contributed by atoms with van der Waals surface area (Å²) in [5, 5.41) is 8.72. The summed E-state index contributed by atoms with van der Waals surface area (Å²) in [6.07, 6.45) is 0. The van der Waals surface area contributed by atoms with Gasteiger partial charge in [-0.05, 0) is 0 Å². The minimum atomic E-state index is -3.44. The van der Waals surface area contributed by atoms with Crippen molar-refractivity contribution < 1.29 is 28.1 Å². The molecule has 0 saturated heterocycles. The Morgan fingerprint density at radius 1 is 1.06 bits per heavy atom. The normalized spacial score (nSPS) is 11.2. The molecule has 96 valence electrons. The zero-order valence-corrected chi connectivity index (χ0v) is 9.79. The first-order chi connectivity index (χ1) is 8.00. The molecule has 6 heteroatoms. The molecule has 0 radical (unpaired) electrons. The van der Waals surface area contributed by atoms with Gasteiger partial charge in [0.2, 0.25) is 0 Å². The summed E-state index contributed by atoms with van der Waals surface area (Å²) in [4.78, 5) is 0. The molecule has 1 N–H and O–H groups in total. The minimum Gasteiger partial charge on any atom is -0.496 e. The predicted octanol–water partition coefficient (Wildman–Crippen LogP) is 1.80. The number of hydrogen-bond donors (Lipinski definition) is 1. The van der Waals surface area contributed by atoms with E-state index in [9.17, 15) is 8.78 Å². The fourth-order valence-corrected chi connectivity index (χ4v) is 1.45. The predicted molar refractivity (Wildman–Crippen MR) is 57.1 cm³/mol. The lowest BCUT2D eigenvalue weighted by atomic mass is 10.1. The van der Waals surface area contributed by atoms with E-state index in [1.807, 2.05) is 0 Å². The van der Waals surface area contributed by atoms with Crippen LogP contribution in [0.2, 0.25) is 0 Å². The van der Waals surface area contributed by atoms with Crippen molar-refractivity contribution in [3.05, 3.63) is 17.7 Å². The highest BCUT2D eigenvalue weighted by atomic mass is 19.3. The second-order valence-electron chi connectivity index (χ2n) is 3.27. The molecule has 4 nitrogen and oxygen atoms in total. The van der Waals surface area contributed by atoms with Crippen LogP contribution in [-0.2, 0) is 5.92 Å². The first-order valence-corrected chi connectivity index (χ1v) is 4.79. The number of aliphatic hydroxyl groups is 1. The van der Waals surface area contributed by atoms with Gasteiger partial charge in [0.05, 0.1) is 21.3 Å². The Balaban J connectivity index is 3.45. The molecule has 1 rings (SSSR count). The third-order valence-corrected chi connectivity index (χ3v) is 2.28. The second-order valence-corrected chi connectivity index (χ2v) is 3.27. The standard InChI is InChI=1S/C11H14F2O4/c1-15-7-4-8(16-2)10(9(5-7)17-3)11(12,13)6-14/h4-5,14H,6H2,1-3H3. The van der Waals surface area contributed by atoms with E-state index in [0.29, 0.717) is 5.75 Å². The number of methoxy groups -OCH3 is 3. The smallest absolute Gasteiger partial charge is 0.302 e. The van der Waals surface area contributed by atoms with Crippen LogP contribution in [0.15, 0.2) is 12.1 Å². The van der Waals surface area contributed by atoms with Crippen LogP contribution in [0.1, 0.15) is 5.56 Å². The first kappa shape index (κ1) is 13.5. The fraction of sp³-hybridized carbons (Fsp3) is 0.455. The summed E-state index contributed by atoms with van der Waals surface area (Å²) in [5.74, 6) is -3.31. The zero-order valence-electron chi connectivity index (χ0n) is 9.79. The Morgan fingerprint density at radius 3 is 1.82 bits per heavy atom. The number of benzene rings is 1. The van der Waals surface area contributed by atoms with Crippen molar-refractivity contribution in [1.82, 2.24) is 0 Å². The lowest BCUT2D eigenvalue weighted by molar-refractivity contribution is -0.0587. The average molecular weight is 248 g/mol. The van der Waals surface area contributed by atoms with Crippen LogP contribution in [0.4, 0.5) is 8.78 Å². The molecule has 1 aromatic rings. The Labute approximate surface area is 97.7 Å². The molecule has 0 bridgehead atoms. The van der Waals surface area contributed by atoms with Crippen molar-refractivity contribution in [2.45, 2.75) is 5.92 Å². The van der Waals surface area contributed by atoms with E-state index in [0.717, 1.165) is 0 Å². The minimum absolute atomic E-state index is 0.0970. The number of aliphatic hydroxyl groups excluding tert-OH is 1. The van der Waals surface area contributed by atoms with E-state index >= 15 is 0 Å². The topological polar surface area (TPSA) is 47.9 Å². The summed E-state index contributed by atoms with van der Waals surface area (Å²) >= 11 is 0. The Bertz CT molecular complexity index is 368. The van der Waals surface area contributed by atoms with Gasteiger partial charge in [-0.15, -0.1) is 0 Å². The SMILES string of the molecule is COc1cc(OC)c(C(F)(F)CO)c(OC)c1. The van der Waals surface area contributed by atoms with Gasteiger partial charge in [0.15, 0.2) is 0 Å². The highest BCUT2D eigenvalue weighted by Gasteiger charge is 2.38. The van der Waals surface area contributed by atoms with E-state index in [-0.39, 0.29) is 11.5 Å². The molecule has 0 atom stereocenters. The van der Waals surface area contributed by atoms with Gasteiger partial charge >= 0.3 is 5.92 Å². The summed E-state index contributed by atoms with van der Waals surface area (Å²) in [7, 11) is 3.91. The van der Waals surface area contributed by atoms with Crippen molar-refractivity contribution in [3.8, 4) is 17.2 Å². The van der Waals surface area contributed by atoms with E-state index in [1.165, 1.54) is 33.5 Å². The molecule has 0 heterocycles. The lowest BCUT2D eigenvalue weighted by Crippen LogP contribution is -2.20. The molecule has 0 saturated carbocycles. The van der Waals surface area contributed by atoms with Gasteiger partial charge in [-0.3, -0.25) is 0 Å². The molecular weight excluding hydrogens is 234 g/mol. The monoisotopic (exact) mass is 248 g/mol. The largest absolute Gasteiger partial charge is 0.496 e. The van der Waals surface area contributed by atoms with Gasteiger partial charge in [0.1, 0.15) is 29.4 Å². The van der Waals surface area contributed by atoms with E-state index in [1.54, 1.807) is 0 Å². The average Bonchev–Trinajstić information content (AvgIpc) is 2.36. The van der Waals surface area contributed by atoms with E-state index in [4.69, 9.17) is 19.3 Å². The Kier molecular flexibility index (Phi) is 4.11. The highest BCUT2D eigenvalue weighted by molar-refractivity contribution is 5.53. The van der Waals surface area contributed by atoms with Crippen molar-refractivity contribution in [1.29, 1.82) is 0 Å². The second kappa shape index (κ2) is 5.18. The zero-order chi connectivity index (χ0) is 13.1. The van der Waals surface area contributed by atoms with Gasteiger partial charge < -0.3 is 19.3 Å². The van der Waals surface area contributed by atoms with Crippen molar-refractivity contribution in [3.63, 3.8) is 0 Å². The Morgan fingerprint density at radius 2 is 1.53 bits per heavy atom. The highest BCUT2D eigenvalue weighted by Crippen LogP contribution is 2.43. The van der Waals surface area contributed by atoms with Gasteiger partial charge in [-0.1, -0.05) is 0 Å². The molecule has 0 aliphatic carbocycles. The third kappa shape index (κ3) is 2.58. The van der Waals surface area contributed by atoms with Gasteiger partial charge in [0, 0.05) is 12.1 Å². The quantitative estimate of drug-likeness (QED) is 0.863. The molecule has 0 spiro atoms. The summed E-state index contributed by atoms with van der Waals surface area (Å²) in [6, 6.07) is 2.61. The van der Waals surface area contributed by atoms with Crippen LogP contribution in [0.5, 0.6) is 17.2 Å². The molecule has 0 fully saturated rings. The van der Waals surface area contributed by atoms with Crippen molar-refractivity contribution in [2.24, 2.45) is 0 Å². The maximum absolute atomic E-state index is 13.6. The number of ether oxygens (including phenoxy) is 3. The van der Waals surface area contributed by atoms with Crippen LogP contribution in [-0.4, -0.2) is 33.0 Å². The van der Waals surface area contributed by atoms with Crippen LogP contribution in [0, 0.1) is 0 Å². The number of alkyl halides is 2. The lowest BCUT2D eigenvalue weighted by Gasteiger charge is -2.20. The van der Waals surface area contributed by atoms with Crippen LogP contribution in [0.3, 0.4) is 0 Å². The van der Waals surface area contributed by atoms with Gasteiger partial charge in [-0.25, -0.2) is 0 Å². The fourth-order valence-electron chi connectivity index (χ4n) is 1.45. The molecule has 0 amide bonds. The van der Waals surface area contributed by atoms with Crippen LogP contribution < -0.4 is 14.2 Å². The molecule has 0 aromatic heterocycles. The van der Waals surface area contributed by atoms with Gasteiger partial charge in [0.25, 0.3) is 0 Å². The molecule has 0 aliphatic rings. The molecular formula is C11H14F2O4. The van der Waals surface area contributed by atoms with Crippen molar-refractivity contribution in [2.75, 3.05) is 27.9 Å². The molecule has 17 heavy (non-hydrogen) atoms. The third-order valence-electron chi connectivity index (χ3n) is 2.28. The number of rotatable bonds is 5. The molecule has 1 aromatic carbocycles. The molecule has 0 aliphatic heterocycles. The Hall–Kier alpha value is -1.56. The maximum Gasteiger partial charge on any atom is 0.302 e. The van der Waals surface area contributed by atoms with Crippen molar-refractivity contribution >= 4 is 0 Å².